The summed E-state index contributed by atoms with van der Waals surface area (Å²) < 4.78 is 0. The first kappa shape index (κ1) is 18.4. The van der Waals surface area contributed by atoms with Gasteiger partial charge in [0, 0.05) is 25.2 Å². The van der Waals surface area contributed by atoms with E-state index in [0.717, 1.165) is 51.1 Å². The highest BCUT2D eigenvalue weighted by molar-refractivity contribution is 5.90. The predicted octanol–water partition coefficient (Wildman–Crippen LogP) is 1.32. The summed E-state index contributed by atoms with van der Waals surface area (Å²) in [6.07, 6.45) is 3.25. The molecule has 0 radical (unpaired) electrons. The molecule has 0 bridgehead atoms. The number of hydrogen-bond acceptors (Lipinski definition) is 4. The number of piperidine rings is 1. The molecule has 24 heavy (non-hydrogen) atoms. The second kappa shape index (κ2) is 9.39. The Bertz CT molecular complexity index is 544. The van der Waals surface area contributed by atoms with Gasteiger partial charge >= 0.3 is 0 Å². The lowest BCUT2D eigenvalue weighted by Gasteiger charge is -2.31. The van der Waals surface area contributed by atoms with Gasteiger partial charge in [0.1, 0.15) is 0 Å². The summed E-state index contributed by atoms with van der Waals surface area (Å²) in [5.41, 5.74) is 7.42. The summed E-state index contributed by atoms with van der Waals surface area (Å²) in [6, 6.07) is 7.91. The maximum Gasteiger partial charge on any atom is 0.224 e. The van der Waals surface area contributed by atoms with Gasteiger partial charge in [0.15, 0.2) is 0 Å². The molecule has 1 unspecified atom stereocenters. The number of nitrogens with two attached hydrogens (primary N) is 1. The molecule has 1 aliphatic rings. The van der Waals surface area contributed by atoms with Crippen LogP contribution in [0, 0.1) is 5.92 Å². The Morgan fingerprint density at radius 2 is 2.04 bits per heavy atom. The fourth-order valence-electron chi connectivity index (χ4n) is 3.03. The number of amides is 2. The molecular formula is C18H28N4O2. The van der Waals surface area contributed by atoms with Crippen LogP contribution in [0.15, 0.2) is 24.3 Å². The molecule has 4 N–H and O–H groups in total. The van der Waals surface area contributed by atoms with Gasteiger partial charge in [-0.15, -0.1) is 0 Å². The zero-order chi connectivity index (χ0) is 17.4. The van der Waals surface area contributed by atoms with E-state index in [2.05, 4.69) is 15.5 Å². The number of hydrogen-bond donors (Lipinski definition) is 3. The van der Waals surface area contributed by atoms with Gasteiger partial charge in [-0.05, 0) is 57.1 Å². The Hall–Kier alpha value is -1.92. The maximum absolute atomic E-state index is 11.8. The van der Waals surface area contributed by atoms with E-state index >= 15 is 0 Å². The predicted molar refractivity (Wildman–Crippen MR) is 95.4 cm³/mol. The van der Waals surface area contributed by atoms with Crippen LogP contribution in [-0.4, -0.2) is 43.4 Å². The molecule has 2 amide bonds. The van der Waals surface area contributed by atoms with Crippen LogP contribution >= 0.6 is 0 Å². The van der Waals surface area contributed by atoms with Crippen molar-refractivity contribution in [2.45, 2.75) is 32.2 Å². The summed E-state index contributed by atoms with van der Waals surface area (Å²) >= 11 is 0. The first-order valence-corrected chi connectivity index (χ1v) is 8.63. The highest BCUT2D eigenvalue weighted by atomic mass is 16.2. The number of likely N-dealkylation sites (tertiary alicyclic amines) is 1. The minimum absolute atomic E-state index is 0.0325. The summed E-state index contributed by atoms with van der Waals surface area (Å²) in [7, 11) is 1.88. The lowest BCUT2D eigenvalue weighted by atomic mass is 9.97. The first-order chi connectivity index (χ1) is 11.6. The van der Waals surface area contributed by atoms with Crippen molar-refractivity contribution in [1.29, 1.82) is 0 Å². The van der Waals surface area contributed by atoms with Crippen molar-refractivity contribution in [3.05, 3.63) is 29.8 Å². The summed E-state index contributed by atoms with van der Waals surface area (Å²) in [4.78, 5) is 25.4. The molecule has 0 spiro atoms. The number of nitrogens with zero attached hydrogens (tertiary/aromatic N) is 1. The first-order valence-electron chi connectivity index (χ1n) is 8.63. The smallest absolute Gasteiger partial charge is 0.224 e. The van der Waals surface area contributed by atoms with E-state index in [9.17, 15) is 9.59 Å². The molecule has 0 aromatic heterocycles. The molecule has 0 saturated carbocycles. The van der Waals surface area contributed by atoms with Gasteiger partial charge in [0.2, 0.25) is 11.8 Å². The van der Waals surface area contributed by atoms with E-state index < -0.39 is 0 Å². The van der Waals surface area contributed by atoms with Gasteiger partial charge in [-0.1, -0.05) is 12.1 Å². The van der Waals surface area contributed by atoms with E-state index in [1.807, 2.05) is 31.3 Å². The van der Waals surface area contributed by atoms with Crippen LogP contribution in [0.25, 0.3) is 0 Å². The minimum atomic E-state index is -0.198. The number of primary amides is 1. The van der Waals surface area contributed by atoms with Crippen molar-refractivity contribution in [3.63, 3.8) is 0 Å². The third kappa shape index (κ3) is 5.94. The zero-order valence-electron chi connectivity index (χ0n) is 14.4. The number of nitrogens with one attached hydrogen (secondary N) is 2. The molecule has 1 aromatic carbocycles. The third-order valence-corrected chi connectivity index (χ3v) is 4.38. The van der Waals surface area contributed by atoms with Crippen molar-refractivity contribution < 1.29 is 9.59 Å². The standard InChI is InChI=1S/C18H28N4O2/c1-20-10-2-5-17(23)21-16-8-6-14(7-9-16)12-22-11-3-4-15(13-22)18(19)24/h6-9,15,20H,2-5,10-13H2,1H3,(H2,19,24)(H,21,23). The van der Waals surface area contributed by atoms with Crippen LogP contribution in [0.1, 0.15) is 31.2 Å². The lowest BCUT2D eigenvalue weighted by Crippen LogP contribution is -2.40. The van der Waals surface area contributed by atoms with Gasteiger partial charge < -0.3 is 16.4 Å². The Morgan fingerprint density at radius 1 is 1.29 bits per heavy atom. The molecule has 1 atom stereocenters. The fraction of sp³-hybridized carbons (Fsp3) is 0.556. The van der Waals surface area contributed by atoms with E-state index in [1.54, 1.807) is 0 Å². The average molecular weight is 332 g/mol. The minimum Gasteiger partial charge on any atom is -0.369 e. The van der Waals surface area contributed by atoms with Gasteiger partial charge in [-0.3, -0.25) is 14.5 Å². The molecule has 2 rings (SSSR count). The van der Waals surface area contributed by atoms with Gasteiger partial charge in [0.25, 0.3) is 0 Å². The molecule has 0 aliphatic carbocycles. The average Bonchev–Trinajstić information content (AvgIpc) is 2.57. The highest BCUT2D eigenvalue weighted by Gasteiger charge is 2.23. The number of benzene rings is 1. The second-order valence-corrected chi connectivity index (χ2v) is 6.43. The van der Waals surface area contributed by atoms with Crippen molar-refractivity contribution in [3.8, 4) is 0 Å². The van der Waals surface area contributed by atoms with Crippen LogP contribution in [-0.2, 0) is 16.1 Å². The molecule has 1 aliphatic heterocycles. The molecule has 6 heteroatoms. The van der Waals surface area contributed by atoms with Crippen molar-refractivity contribution in [2.75, 3.05) is 32.0 Å². The molecular weight excluding hydrogens is 304 g/mol. The quantitative estimate of drug-likeness (QED) is 0.627. The Kier molecular flexibility index (Phi) is 7.21. The molecule has 132 valence electrons. The Morgan fingerprint density at radius 3 is 2.71 bits per heavy atom. The topological polar surface area (TPSA) is 87.5 Å². The monoisotopic (exact) mass is 332 g/mol. The van der Waals surface area contributed by atoms with E-state index in [1.165, 1.54) is 5.56 Å². The molecule has 6 nitrogen and oxygen atoms in total. The maximum atomic E-state index is 11.8. The van der Waals surface area contributed by atoms with Gasteiger partial charge in [-0.2, -0.15) is 0 Å². The van der Waals surface area contributed by atoms with E-state index in [-0.39, 0.29) is 17.7 Å². The summed E-state index contributed by atoms with van der Waals surface area (Å²) in [6.45, 7) is 3.38. The zero-order valence-corrected chi connectivity index (χ0v) is 14.4. The second-order valence-electron chi connectivity index (χ2n) is 6.43. The van der Waals surface area contributed by atoms with Crippen LogP contribution in [0.3, 0.4) is 0 Å². The lowest BCUT2D eigenvalue weighted by molar-refractivity contribution is -0.123. The fourth-order valence-corrected chi connectivity index (χ4v) is 3.03. The van der Waals surface area contributed by atoms with Crippen molar-refractivity contribution in [2.24, 2.45) is 11.7 Å². The number of anilines is 1. The molecule has 1 saturated heterocycles. The van der Waals surface area contributed by atoms with Crippen LogP contribution in [0.2, 0.25) is 0 Å². The van der Waals surface area contributed by atoms with Crippen LogP contribution in [0.4, 0.5) is 5.69 Å². The summed E-state index contributed by atoms with van der Waals surface area (Å²) in [5.74, 6) is -0.190. The van der Waals surface area contributed by atoms with Crippen molar-refractivity contribution >= 4 is 17.5 Å². The van der Waals surface area contributed by atoms with Crippen molar-refractivity contribution in [1.82, 2.24) is 10.2 Å². The summed E-state index contributed by atoms with van der Waals surface area (Å²) in [5, 5.41) is 5.94. The molecule has 1 heterocycles. The number of rotatable bonds is 8. The van der Waals surface area contributed by atoms with E-state index in [0.29, 0.717) is 6.42 Å². The largest absolute Gasteiger partial charge is 0.369 e. The number of carbonyl (C=O) groups excluding carboxylic acids is 2. The Labute approximate surface area is 143 Å². The van der Waals surface area contributed by atoms with Crippen LogP contribution in [0.5, 0.6) is 0 Å². The number of carbonyl (C=O) groups is 2. The molecule has 1 fully saturated rings. The van der Waals surface area contributed by atoms with E-state index in [4.69, 9.17) is 5.73 Å². The third-order valence-electron chi connectivity index (χ3n) is 4.38. The van der Waals surface area contributed by atoms with Gasteiger partial charge in [-0.25, -0.2) is 0 Å². The Balaban J connectivity index is 1.81. The molecule has 1 aromatic rings. The SMILES string of the molecule is CNCCCC(=O)Nc1ccc(CN2CCCC(C(N)=O)C2)cc1. The van der Waals surface area contributed by atoms with Crippen LogP contribution < -0.4 is 16.4 Å². The highest BCUT2D eigenvalue weighted by Crippen LogP contribution is 2.19. The normalized spacial score (nSPS) is 18.3. The van der Waals surface area contributed by atoms with Gasteiger partial charge in [0.05, 0.1) is 5.92 Å².